The number of nitrogens with one attached hydrogen (secondary N) is 2. The molecule has 2 aromatic carbocycles. The first-order chi connectivity index (χ1) is 14.2. The third-order valence-corrected chi connectivity index (χ3v) is 8.19. The number of hydrogen-bond donors (Lipinski definition) is 2. The van der Waals surface area contributed by atoms with Crippen molar-refractivity contribution >= 4 is 42.8 Å². The molecule has 4 rings (SSSR count). The van der Waals surface area contributed by atoms with Crippen LogP contribution in [-0.2, 0) is 20.0 Å². The summed E-state index contributed by atoms with van der Waals surface area (Å²) >= 11 is 0.971. The molecule has 8 nitrogen and oxygen atoms in total. The summed E-state index contributed by atoms with van der Waals surface area (Å²) < 4.78 is 79.5. The second-order valence-electron chi connectivity index (χ2n) is 6.14. The van der Waals surface area contributed by atoms with Crippen molar-refractivity contribution in [2.45, 2.75) is 9.10 Å². The summed E-state index contributed by atoms with van der Waals surface area (Å²) in [4.78, 5) is -0.0863. The molecular formula is C18H15FN2O6S3. The number of halogens is 1. The van der Waals surface area contributed by atoms with Crippen molar-refractivity contribution in [2.24, 2.45) is 0 Å². The van der Waals surface area contributed by atoms with Crippen LogP contribution in [0.1, 0.15) is 0 Å². The van der Waals surface area contributed by atoms with Crippen LogP contribution in [0.5, 0.6) is 11.5 Å². The Morgan fingerprint density at radius 2 is 1.63 bits per heavy atom. The minimum Gasteiger partial charge on any atom is -0.486 e. The lowest BCUT2D eigenvalue weighted by Gasteiger charge is -2.19. The quantitative estimate of drug-likeness (QED) is 0.572. The molecule has 30 heavy (non-hydrogen) atoms. The van der Waals surface area contributed by atoms with Crippen molar-refractivity contribution < 1.29 is 30.7 Å². The van der Waals surface area contributed by atoms with Gasteiger partial charge in [-0.05, 0) is 41.8 Å². The molecule has 2 N–H and O–H groups in total. The molecule has 1 aliphatic heterocycles. The Kier molecular flexibility index (Phi) is 5.30. The molecule has 1 aromatic heterocycles. The number of rotatable bonds is 6. The number of ether oxygens (including phenoxy) is 2. The molecule has 0 radical (unpaired) electrons. The number of thiophene rings is 1. The normalized spacial score (nSPS) is 13.6. The summed E-state index contributed by atoms with van der Waals surface area (Å²) in [6.45, 7) is 0.673. The van der Waals surface area contributed by atoms with Crippen molar-refractivity contribution in [2.75, 3.05) is 22.7 Å². The lowest BCUT2D eigenvalue weighted by molar-refractivity contribution is 0.171. The molecule has 0 amide bonds. The van der Waals surface area contributed by atoms with E-state index in [1.807, 2.05) is 0 Å². The minimum absolute atomic E-state index is 0.00385. The van der Waals surface area contributed by atoms with Crippen molar-refractivity contribution in [3.63, 3.8) is 0 Å². The lowest BCUT2D eigenvalue weighted by Crippen LogP contribution is -2.17. The zero-order valence-corrected chi connectivity index (χ0v) is 17.6. The maximum Gasteiger partial charge on any atom is 0.271 e. The number of anilines is 2. The highest BCUT2D eigenvalue weighted by Crippen LogP contribution is 2.33. The first kappa shape index (κ1) is 20.4. The van der Waals surface area contributed by atoms with Gasteiger partial charge in [0, 0.05) is 6.07 Å². The van der Waals surface area contributed by atoms with Gasteiger partial charge in [-0.1, -0.05) is 6.07 Å². The van der Waals surface area contributed by atoms with Gasteiger partial charge in [-0.3, -0.25) is 9.44 Å². The standard InChI is InChI=1S/C18H15FN2O6S3/c19-14-5-3-12(10-15(14)21-30(24,25)18-2-1-9-28-18)20-29(22,23)13-4-6-16-17(11-13)27-8-7-26-16/h1-6,9-11,20-21H,7-8H2. The van der Waals surface area contributed by atoms with Crippen LogP contribution in [-0.4, -0.2) is 30.0 Å². The highest BCUT2D eigenvalue weighted by molar-refractivity contribution is 7.94. The fourth-order valence-electron chi connectivity index (χ4n) is 2.68. The Hall–Kier alpha value is -2.83. The van der Waals surface area contributed by atoms with Crippen molar-refractivity contribution in [3.8, 4) is 11.5 Å². The Morgan fingerprint density at radius 1 is 0.867 bits per heavy atom. The van der Waals surface area contributed by atoms with Crippen LogP contribution < -0.4 is 18.9 Å². The molecule has 0 unspecified atom stereocenters. The van der Waals surface area contributed by atoms with E-state index < -0.39 is 25.9 Å². The predicted octanol–water partition coefficient (Wildman–Crippen LogP) is 3.26. The zero-order valence-electron chi connectivity index (χ0n) is 15.2. The summed E-state index contributed by atoms with van der Waals surface area (Å²) in [7, 11) is -8.04. The molecule has 0 fully saturated rings. The van der Waals surface area contributed by atoms with Gasteiger partial charge in [0.05, 0.1) is 16.3 Å². The van der Waals surface area contributed by atoms with Crippen molar-refractivity contribution in [3.05, 3.63) is 59.7 Å². The van der Waals surface area contributed by atoms with Crippen molar-refractivity contribution in [1.82, 2.24) is 0 Å². The fourth-order valence-corrected chi connectivity index (χ4v) is 5.80. The molecule has 2 heterocycles. The molecular weight excluding hydrogens is 455 g/mol. The second-order valence-corrected chi connectivity index (χ2v) is 10.7. The van der Waals surface area contributed by atoms with E-state index in [0.29, 0.717) is 24.7 Å². The van der Waals surface area contributed by atoms with Crippen LogP contribution in [0.25, 0.3) is 0 Å². The third kappa shape index (κ3) is 4.20. The highest BCUT2D eigenvalue weighted by atomic mass is 32.2. The van der Waals surface area contributed by atoms with Gasteiger partial charge in [-0.2, -0.15) is 0 Å². The minimum atomic E-state index is -4.05. The molecule has 0 bridgehead atoms. The average Bonchev–Trinajstić information content (AvgIpc) is 3.26. The monoisotopic (exact) mass is 470 g/mol. The summed E-state index contributed by atoms with van der Waals surface area (Å²) in [5.74, 6) is -0.114. The van der Waals surface area contributed by atoms with E-state index in [-0.39, 0.29) is 20.5 Å². The highest BCUT2D eigenvalue weighted by Gasteiger charge is 2.21. The number of hydrogen-bond acceptors (Lipinski definition) is 7. The molecule has 0 aliphatic carbocycles. The molecule has 12 heteroatoms. The van der Waals surface area contributed by atoms with Crippen LogP contribution >= 0.6 is 11.3 Å². The summed E-state index contributed by atoms with van der Waals surface area (Å²) in [5, 5.41) is 1.57. The van der Waals surface area contributed by atoms with E-state index in [4.69, 9.17) is 9.47 Å². The largest absolute Gasteiger partial charge is 0.486 e. The van der Waals surface area contributed by atoms with Gasteiger partial charge in [-0.15, -0.1) is 11.3 Å². The lowest BCUT2D eigenvalue weighted by atomic mass is 10.3. The van der Waals surface area contributed by atoms with Gasteiger partial charge in [0.2, 0.25) is 0 Å². The first-order valence-electron chi connectivity index (χ1n) is 8.53. The molecule has 0 saturated heterocycles. The molecule has 0 saturated carbocycles. The Bertz CT molecular complexity index is 1290. The maximum absolute atomic E-state index is 14.2. The topological polar surface area (TPSA) is 111 Å². The second kappa shape index (κ2) is 7.78. The molecule has 0 atom stereocenters. The van der Waals surface area contributed by atoms with E-state index >= 15 is 0 Å². The van der Waals surface area contributed by atoms with Crippen LogP contribution in [0.2, 0.25) is 0 Å². The first-order valence-corrected chi connectivity index (χ1v) is 12.4. The van der Waals surface area contributed by atoms with Crippen LogP contribution in [0.4, 0.5) is 15.8 Å². The smallest absolute Gasteiger partial charge is 0.271 e. The van der Waals surface area contributed by atoms with Gasteiger partial charge in [-0.25, -0.2) is 21.2 Å². The molecule has 0 spiro atoms. The predicted molar refractivity (Wildman–Crippen MR) is 110 cm³/mol. The summed E-state index contributed by atoms with van der Waals surface area (Å²) in [6.07, 6.45) is 0. The van der Waals surface area contributed by atoms with E-state index in [1.165, 1.54) is 30.3 Å². The molecule has 158 valence electrons. The van der Waals surface area contributed by atoms with E-state index in [0.717, 1.165) is 23.5 Å². The van der Waals surface area contributed by atoms with E-state index in [1.54, 1.807) is 11.4 Å². The maximum atomic E-state index is 14.2. The average molecular weight is 471 g/mol. The van der Waals surface area contributed by atoms with E-state index in [9.17, 15) is 21.2 Å². The Morgan fingerprint density at radius 3 is 2.37 bits per heavy atom. The summed E-state index contributed by atoms with van der Waals surface area (Å²) in [5.41, 5.74) is -0.402. The molecule has 3 aromatic rings. The number of benzene rings is 2. The van der Waals surface area contributed by atoms with Crippen LogP contribution in [0.15, 0.2) is 63.0 Å². The molecule has 1 aliphatic rings. The SMILES string of the molecule is O=S(=O)(Nc1ccc(F)c(NS(=O)(=O)c2cccs2)c1)c1ccc2c(c1)OCCO2. The van der Waals surface area contributed by atoms with Gasteiger partial charge in [0.15, 0.2) is 11.5 Å². The van der Waals surface area contributed by atoms with Gasteiger partial charge in [0.1, 0.15) is 23.2 Å². The Labute approximate surface area is 176 Å². The van der Waals surface area contributed by atoms with Gasteiger partial charge in [0.25, 0.3) is 20.0 Å². The van der Waals surface area contributed by atoms with E-state index in [2.05, 4.69) is 9.44 Å². The summed E-state index contributed by atoms with van der Waals surface area (Å²) in [6, 6.07) is 10.3. The fraction of sp³-hybridized carbons (Fsp3) is 0.111. The van der Waals surface area contributed by atoms with Gasteiger partial charge >= 0.3 is 0 Å². The zero-order chi connectivity index (χ0) is 21.4. The third-order valence-electron chi connectivity index (χ3n) is 4.05. The number of fused-ring (bicyclic) bond motifs is 1. The Balaban J connectivity index is 1.60. The van der Waals surface area contributed by atoms with Crippen molar-refractivity contribution in [1.29, 1.82) is 0 Å². The van der Waals surface area contributed by atoms with Crippen LogP contribution in [0.3, 0.4) is 0 Å². The van der Waals surface area contributed by atoms with Crippen LogP contribution in [0, 0.1) is 5.82 Å². The van der Waals surface area contributed by atoms with Gasteiger partial charge < -0.3 is 9.47 Å². The number of sulfonamides is 2.